The molecule has 5 heteroatoms. The van der Waals surface area contributed by atoms with E-state index in [4.69, 9.17) is 0 Å². The molecule has 136 valence electrons. The average molecular weight is 362 g/mol. The molecule has 4 nitrogen and oxygen atoms in total. The highest BCUT2D eigenvalue weighted by Gasteiger charge is 2.52. The number of carbonyl (C=O) groups is 1. The number of fused-ring (bicyclic) bond motifs is 2. The summed E-state index contributed by atoms with van der Waals surface area (Å²) in [5.41, 5.74) is 2.58. The molecular formula is C20H27NO3S. The van der Waals surface area contributed by atoms with Crippen LogP contribution in [0.2, 0.25) is 0 Å². The quantitative estimate of drug-likeness (QED) is 0.757. The Morgan fingerprint density at radius 2 is 1.80 bits per heavy atom. The highest BCUT2D eigenvalue weighted by molar-refractivity contribution is 7.89. The Kier molecular flexibility index (Phi) is 4.44. The van der Waals surface area contributed by atoms with E-state index in [-0.39, 0.29) is 23.0 Å². The summed E-state index contributed by atoms with van der Waals surface area (Å²) in [5, 5.41) is 0. The fourth-order valence-electron chi connectivity index (χ4n) is 4.36. The second-order valence-corrected chi connectivity index (χ2v) is 10.1. The van der Waals surface area contributed by atoms with Gasteiger partial charge < -0.3 is 0 Å². The van der Waals surface area contributed by atoms with Gasteiger partial charge in [0.05, 0.1) is 4.90 Å². The summed E-state index contributed by atoms with van der Waals surface area (Å²) in [7, 11) is -3.55. The monoisotopic (exact) mass is 361 g/mol. The van der Waals surface area contributed by atoms with Gasteiger partial charge in [-0.15, -0.1) is 0 Å². The molecule has 0 radical (unpaired) electrons. The number of hydrogen-bond donors (Lipinski definition) is 0. The molecule has 2 fully saturated rings. The van der Waals surface area contributed by atoms with Crippen molar-refractivity contribution >= 4 is 15.8 Å². The summed E-state index contributed by atoms with van der Waals surface area (Å²) >= 11 is 0. The highest BCUT2D eigenvalue weighted by atomic mass is 32.2. The largest absolute Gasteiger partial charge is 0.294 e. The van der Waals surface area contributed by atoms with Gasteiger partial charge in [-0.05, 0) is 50.3 Å². The first kappa shape index (κ1) is 18.3. The molecule has 1 saturated heterocycles. The van der Waals surface area contributed by atoms with Crippen LogP contribution < -0.4 is 0 Å². The van der Waals surface area contributed by atoms with Crippen molar-refractivity contribution in [3.05, 3.63) is 41.0 Å². The number of ketones is 1. The molecular weight excluding hydrogens is 334 g/mol. The number of piperidine rings is 1. The molecule has 1 aromatic rings. The molecule has 1 aromatic carbocycles. The number of allylic oxidation sites excluding steroid dienone is 1. The number of carbonyl (C=O) groups excluding carboxylic acids is 1. The molecule has 3 rings (SSSR count). The van der Waals surface area contributed by atoms with Crippen LogP contribution in [-0.2, 0) is 14.8 Å². The first-order chi connectivity index (χ1) is 11.6. The van der Waals surface area contributed by atoms with Crippen LogP contribution in [0.15, 0.2) is 40.3 Å². The molecule has 0 N–H and O–H groups in total. The van der Waals surface area contributed by atoms with Crippen LogP contribution in [-0.4, -0.2) is 31.6 Å². The van der Waals surface area contributed by atoms with Gasteiger partial charge in [-0.25, -0.2) is 8.42 Å². The molecule has 2 aliphatic rings. The summed E-state index contributed by atoms with van der Waals surface area (Å²) in [4.78, 5) is 13.2. The van der Waals surface area contributed by atoms with Gasteiger partial charge >= 0.3 is 0 Å². The van der Waals surface area contributed by atoms with Crippen molar-refractivity contribution in [3.63, 3.8) is 0 Å². The maximum atomic E-state index is 13.2. The van der Waals surface area contributed by atoms with Crippen LogP contribution in [0.1, 0.15) is 39.7 Å². The van der Waals surface area contributed by atoms with E-state index in [1.165, 1.54) is 0 Å². The maximum Gasteiger partial charge on any atom is 0.243 e. The predicted octanol–water partition coefficient (Wildman–Crippen LogP) is 3.57. The van der Waals surface area contributed by atoms with Crippen LogP contribution in [0.3, 0.4) is 0 Å². The lowest BCUT2D eigenvalue weighted by Crippen LogP contribution is -2.56. The molecule has 25 heavy (non-hydrogen) atoms. The van der Waals surface area contributed by atoms with Crippen molar-refractivity contribution in [1.82, 2.24) is 4.31 Å². The molecule has 0 spiro atoms. The predicted molar refractivity (Wildman–Crippen MR) is 98.7 cm³/mol. The molecule has 0 aromatic heterocycles. The van der Waals surface area contributed by atoms with E-state index in [2.05, 4.69) is 6.92 Å². The lowest BCUT2D eigenvalue weighted by Gasteiger charge is -2.51. The third-order valence-corrected chi connectivity index (χ3v) is 7.81. The Labute approximate surface area is 151 Å². The molecule has 2 bridgehead atoms. The number of benzene rings is 1. The van der Waals surface area contributed by atoms with Crippen LogP contribution in [0.25, 0.3) is 0 Å². The number of hydrogen-bond acceptors (Lipinski definition) is 3. The van der Waals surface area contributed by atoms with Gasteiger partial charge in [-0.1, -0.05) is 37.1 Å². The van der Waals surface area contributed by atoms with Crippen molar-refractivity contribution < 1.29 is 13.2 Å². The molecule has 1 aliphatic heterocycles. The fourth-order valence-corrected chi connectivity index (χ4v) is 5.98. The summed E-state index contributed by atoms with van der Waals surface area (Å²) in [5.74, 6) is 0.0310. The number of Topliss-reactive ketones (excluding diaryl/α,β-unsaturated/α-hetero) is 1. The van der Waals surface area contributed by atoms with Crippen LogP contribution in [0.4, 0.5) is 0 Å². The number of sulfonamides is 1. The second-order valence-electron chi connectivity index (χ2n) is 8.17. The smallest absolute Gasteiger partial charge is 0.243 e. The first-order valence-electron chi connectivity index (χ1n) is 8.84. The van der Waals surface area contributed by atoms with E-state index in [0.717, 1.165) is 23.1 Å². The Hall–Kier alpha value is -1.46. The van der Waals surface area contributed by atoms with Crippen molar-refractivity contribution in [2.24, 2.45) is 17.3 Å². The van der Waals surface area contributed by atoms with Gasteiger partial charge in [0.25, 0.3) is 0 Å². The lowest BCUT2D eigenvalue weighted by molar-refractivity contribution is -0.128. The lowest BCUT2D eigenvalue weighted by atomic mass is 9.59. The zero-order chi connectivity index (χ0) is 18.6. The van der Waals surface area contributed by atoms with Gasteiger partial charge in [-0.2, -0.15) is 4.31 Å². The highest BCUT2D eigenvalue weighted by Crippen LogP contribution is 2.49. The van der Waals surface area contributed by atoms with E-state index in [9.17, 15) is 13.2 Å². The summed E-state index contributed by atoms with van der Waals surface area (Å²) in [6.45, 7) is 10.7. The van der Waals surface area contributed by atoms with Gasteiger partial charge in [0.15, 0.2) is 5.78 Å². The first-order valence-corrected chi connectivity index (χ1v) is 10.3. The molecule has 0 amide bonds. The zero-order valence-corrected chi connectivity index (χ0v) is 16.5. The maximum absolute atomic E-state index is 13.2. The van der Waals surface area contributed by atoms with E-state index in [1.54, 1.807) is 16.4 Å². The molecule has 1 saturated carbocycles. The Morgan fingerprint density at radius 1 is 1.20 bits per heavy atom. The van der Waals surface area contributed by atoms with E-state index >= 15 is 0 Å². The van der Waals surface area contributed by atoms with Gasteiger partial charge in [0, 0.05) is 24.9 Å². The van der Waals surface area contributed by atoms with Gasteiger partial charge in [0.1, 0.15) is 0 Å². The average Bonchev–Trinajstić information content (AvgIpc) is 2.52. The minimum absolute atomic E-state index is 0.00678. The van der Waals surface area contributed by atoms with Gasteiger partial charge in [0.2, 0.25) is 10.0 Å². The van der Waals surface area contributed by atoms with E-state index in [1.807, 2.05) is 39.8 Å². The van der Waals surface area contributed by atoms with Crippen LogP contribution in [0, 0.1) is 24.2 Å². The normalized spacial score (nSPS) is 30.4. The second kappa shape index (κ2) is 6.06. The molecule has 1 heterocycles. The minimum Gasteiger partial charge on any atom is -0.294 e. The minimum atomic E-state index is -3.55. The molecule has 3 atom stereocenters. The molecule has 1 aliphatic carbocycles. The Balaban J connectivity index is 2.02. The van der Waals surface area contributed by atoms with E-state index in [0.29, 0.717) is 18.0 Å². The van der Waals surface area contributed by atoms with Crippen molar-refractivity contribution in [1.29, 1.82) is 0 Å². The van der Waals surface area contributed by atoms with Crippen LogP contribution in [0.5, 0.6) is 0 Å². The summed E-state index contributed by atoms with van der Waals surface area (Å²) in [6.07, 6.45) is 0.875. The zero-order valence-electron chi connectivity index (χ0n) is 15.7. The summed E-state index contributed by atoms with van der Waals surface area (Å²) in [6, 6.07) is 7.00. The molecule has 0 unspecified atom stereocenters. The fraction of sp³-hybridized carbons (Fsp3) is 0.550. The summed E-state index contributed by atoms with van der Waals surface area (Å²) < 4.78 is 27.9. The van der Waals surface area contributed by atoms with E-state index < -0.39 is 10.0 Å². The third kappa shape index (κ3) is 2.97. The SMILES string of the molecule is CC(C)=C1C(=O)[C@H](C)[C@]2(C)C[C@@H]1CN(S(=O)(=O)c1ccc(C)cc1)C2. The number of aryl methyl sites for hydroxylation is 1. The Morgan fingerprint density at radius 3 is 2.36 bits per heavy atom. The number of rotatable bonds is 2. The standard InChI is InChI=1S/C20H27NO3S/c1-13(2)18-16-10-20(5,15(4)19(18)22)12-21(11-16)25(23,24)17-8-6-14(3)7-9-17/h6-9,15-16H,10-12H2,1-5H3/t15-,16+,20+/m0/s1. The van der Waals surface area contributed by atoms with Crippen LogP contribution >= 0.6 is 0 Å². The van der Waals surface area contributed by atoms with Crippen molar-refractivity contribution in [3.8, 4) is 0 Å². The van der Waals surface area contributed by atoms with Crippen molar-refractivity contribution in [2.45, 2.75) is 45.9 Å². The number of nitrogens with zero attached hydrogens (tertiary/aromatic N) is 1. The third-order valence-electron chi connectivity index (χ3n) is 5.98. The van der Waals surface area contributed by atoms with Gasteiger partial charge in [-0.3, -0.25) is 4.79 Å². The topological polar surface area (TPSA) is 54.5 Å². The Bertz CT molecular complexity index is 834. The van der Waals surface area contributed by atoms with Crippen molar-refractivity contribution in [2.75, 3.05) is 13.1 Å².